The van der Waals surface area contributed by atoms with Crippen LogP contribution in [-0.2, 0) is 23.5 Å². The third-order valence-corrected chi connectivity index (χ3v) is 3.52. The van der Waals surface area contributed by atoms with E-state index in [4.69, 9.17) is 4.74 Å². The highest BCUT2D eigenvalue weighted by Crippen LogP contribution is 2.34. The van der Waals surface area contributed by atoms with Crippen LogP contribution >= 0.6 is 0 Å². The molecule has 22 heavy (non-hydrogen) atoms. The minimum absolute atomic E-state index is 0.0671. The van der Waals surface area contributed by atoms with Gasteiger partial charge in [0.15, 0.2) is 0 Å². The van der Waals surface area contributed by atoms with Crippen molar-refractivity contribution < 1.29 is 26.9 Å². The molecule has 0 bridgehead atoms. The lowest BCUT2D eigenvalue weighted by Crippen LogP contribution is -2.37. The van der Waals surface area contributed by atoms with Crippen LogP contribution < -0.4 is 15.4 Å². The molecule has 0 heterocycles. The Bertz CT molecular complexity index is 550. The van der Waals surface area contributed by atoms with E-state index in [0.717, 1.165) is 6.07 Å². The van der Waals surface area contributed by atoms with Crippen LogP contribution in [0.1, 0.15) is 11.1 Å². The van der Waals surface area contributed by atoms with Gasteiger partial charge in [-0.1, -0.05) is 6.07 Å². The number of hydrogen-bond donors (Lipinski definition) is 2. The average Bonchev–Trinajstić information content (AvgIpc) is 2.43. The van der Waals surface area contributed by atoms with Gasteiger partial charge in [-0.15, -0.1) is 0 Å². The number of amides is 2. The summed E-state index contributed by atoms with van der Waals surface area (Å²) < 4.78 is 54.5. The molecular formula is C13H17F3N2O3S. The maximum absolute atomic E-state index is 13.0. The number of benzene rings is 1. The van der Waals surface area contributed by atoms with Gasteiger partial charge in [0.05, 0.1) is 12.7 Å². The molecule has 2 N–H and O–H groups in total. The van der Waals surface area contributed by atoms with Crippen molar-refractivity contribution in [1.82, 2.24) is 10.6 Å². The van der Waals surface area contributed by atoms with Gasteiger partial charge in [0, 0.05) is 35.9 Å². The second-order valence-electron chi connectivity index (χ2n) is 4.41. The zero-order valence-electron chi connectivity index (χ0n) is 12.1. The Morgan fingerprint density at radius 3 is 2.55 bits per heavy atom. The minimum Gasteiger partial charge on any atom is -0.497 e. The average molecular weight is 338 g/mol. The summed E-state index contributed by atoms with van der Waals surface area (Å²) in [6.07, 6.45) is -3.05. The molecule has 1 rings (SSSR count). The number of alkyl halides is 3. The van der Waals surface area contributed by atoms with Crippen LogP contribution in [0.2, 0.25) is 0 Å². The maximum atomic E-state index is 13.0. The molecule has 1 aromatic carbocycles. The summed E-state index contributed by atoms with van der Waals surface area (Å²) in [5, 5.41) is 4.75. The molecule has 9 heteroatoms. The smallest absolute Gasteiger partial charge is 0.416 e. The molecule has 1 aromatic rings. The van der Waals surface area contributed by atoms with Crippen LogP contribution in [0.3, 0.4) is 0 Å². The summed E-state index contributed by atoms with van der Waals surface area (Å²) in [4.78, 5) is 11.5. The molecule has 0 saturated heterocycles. The van der Waals surface area contributed by atoms with Crippen molar-refractivity contribution in [2.75, 3.05) is 25.7 Å². The third kappa shape index (κ3) is 5.92. The number of ether oxygens (including phenoxy) is 1. The molecule has 0 aliphatic heterocycles. The van der Waals surface area contributed by atoms with Crippen LogP contribution in [0.15, 0.2) is 18.2 Å². The molecule has 5 nitrogen and oxygen atoms in total. The zero-order valence-corrected chi connectivity index (χ0v) is 12.9. The van der Waals surface area contributed by atoms with Gasteiger partial charge in [-0.25, -0.2) is 4.79 Å². The van der Waals surface area contributed by atoms with Crippen LogP contribution in [0.5, 0.6) is 5.75 Å². The Morgan fingerprint density at radius 2 is 2.00 bits per heavy atom. The standard InChI is InChI=1S/C13H17F3N2O3S/c1-21-10-4-3-9(11(7-10)13(14,15)16)8-18-12(19)17-5-6-22(2)20/h3-4,7H,5-6,8H2,1-2H3,(H2,17,18,19)/t22-/m0/s1. The number of rotatable bonds is 6. The summed E-state index contributed by atoms with van der Waals surface area (Å²) in [6.45, 7) is -0.0937. The van der Waals surface area contributed by atoms with Crippen molar-refractivity contribution in [3.8, 4) is 5.75 Å². The maximum Gasteiger partial charge on any atom is 0.416 e. The van der Waals surface area contributed by atoms with Crippen molar-refractivity contribution in [2.45, 2.75) is 12.7 Å². The van der Waals surface area contributed by atoms with Gasteiger partial charge >= 0.3 is 12.2 Å². The molecular weight excluding hydrogens is 321 g/mol. The first kappa shape index (κ1) is 18.3. The SMILES string of the molecule is COc1ccc(CNC(=O)NCC[S@](C)=O)c(C(F)(F)F)c1. The first-order valence-electron chi connectivity index (χ1n) is 6.30. The quantitative estimate of drug-likeness (QED) is 0.832. The third-order valence-electron chi connectivity index (χ3n) is 2.74. The van der Waals surface area contributed by atoms with Crippen LogP contribution in [0, 0.1) is 0 Å². The summed E-state index contributed by atoms with van der Waals surface area (Å²) >= 11 is 0. The lowest BCUT2D eigenvalue weighted by molar-refractivity contribution is -0.138. The summed E-state index contributed by atoms with van der Waals surface area (Å²) in [5.41, 5.74) is -0.927. The van der Waals surface area contributed by atoms with E-state index in [9.17, 15) is 22.2 Å². The van der Waals surface area contributed by atoms with E-state index in [2.05, 4.69) is 10.6 Å². The van der Waals surface area contributed by atoms with Gasteiger partial charge in [0.1, 0.15) is 5.75 Å². The summed E-state index contributed by atoms with van der Waals surface area (Å²) in [7, 11) is 0.230. The molecule has 1 atom stereocenters. The van der Waals surface area contributed by atoms with Crippen molar-refractivity contribution in [3.05, 3.63) is 29.3 Å². The largest absolute Gasteiger partial charge is 0.497 e. The number of carbonyl (C=O) groups is 1. The number of methoxy groups -OCH3 is 1. The lowest BCUT2D eigenvalue weighted by Gasteiger charge is -2.15. The molecule has 2 amide bonds. The molecule has 0 saturated carbocycles. The number of halogens is 3. The number of urea groups is 1. The van der Waals surface area contributed by atoms with E-state index in [-0.39, 0.29) is 30.2 Å². The molecule has 0 fully saturated rings. The number of nitrogens with one attached hydrogen (secondary N) is 2. The first-order valence-corrected chi connectivity index (χ1v) is 8.02. The van der Waals surface area contributed by atoms with Crippen LogP contribution in [-0.4, -0.2) is 35.9 Å². The van der Waals surface area contributed by atoms with Gasteiger partial charge in [0.2, 0.25) is 0 Å². The normalized spacial score (nSPS) is 12.6. The van der Waals surface area contributed by atoms with E-state index >= 15 is 0 Å². The van der Waals surface area contributed by atoms with Gasteiger partial charge in [0.25, 0.3) is 0 Å². The van der Waals surface area contributed by atoms with Crippen LogP contribution in [0.4, 0.5) is 18.0 Å². The molecule has 0 aliphatic carbocycles. The van der Waals surface area contributed by atoms with E-state index in [1.165, 1.54) is 25.5 Å². The Balaban J connectivity index is 2.69. The second-order valence-corrected chi connectivity index (χ2v) is 5.96. The Kier molecular flexibility index (Phi) is 6.66. The predicted molar refractivity (Wildman–Crippen MR) is 77.2 cm³/mol. The van der Waals surface area contributed by atoms with E-state index in [1.807, 2.05) is 0 Å². The predicted octanol–water partition coefficient (Wildman–Crippen LogP) is 1.89. The van der Waals surface area contributed by atoms with Crippen molar-refractivity contribution in [3.63, 3.8) is 0 Å². The molecule has 0 radical (unpaired) electrons. The van der Waals surface area contributed by atoms with Crippen molar-refractivity contribution in [1.29, 1.82) is 0 Å². The minimum atomic E-state index is -4.54. The van der Waals surface area contributed by atoms with Gasteiger partial charge in [-0.05, 0) is 17.7 Å². The Morgan fingerprint density at radius 1 is 1.32 bits per heavy atom. The molecule has 0 spiro atoms. The number of hydrogen-bond acceptors (Lipinski definition) is 3. The van der Waals surface area contributed by atoms with E-state index in [1.54, 1.807) is 0 Å². The molecule has 124 valence electrons. The van der Waals surface area contributed by atoms with Crippen molar-refractivity contribution >= 4 is 16.8 Å². The fourth-order valence-corrected chi connectivity index (χ4v) is 2.04. The fraction of sp³-hybridized carbons (Fsp3) is 0.462. The van der Waals surface area contributed by atoms with E-state index in [0.29, 0.717) is 0 Å². The fourth-order valence-electron chi connectivity index (χ4n) is 1.65. The molecule has 0 unspecified atom stereocenters. The number of carbonyl (C=O) groups excluding carboxylic acids is 1. The Hall–Kier alpha value is -1.77. The Labute approximate surface area is 128 Å². The lowest BCUT2D eigenvalue weighted by atomic mass is 10.1. The first-order chi connectivity index (χ1) is 10.2. The molecule has 0 aliphatic rings. The van der Waals surface area contributed by atoms with Gasteiger partial charge in [-0.2, -0.15) is 13.2 Å². The van der Waals surface area contributed by atoms with Gasteiger partial charge < -0.3 is 15.4 Å². The van der Waals surface area contributed by atoms with Crippen LogP contribution in [0.25, 0.3) is 0 Å². The van der Waals surface area contributed by atoms with E-state index < -0.39 is 28.6 Å². The topological polar surface area (TPSA) is 67.4 Å². The molecule has 0 aromatic heterocycles. The summed E-state index contributed by atoms with van der Waals surface area (Å²) in [6, 6.07) is 2.91. The highest BCUT2D eigenvalue weighted by Gasteiger charge is 2.33. The highest BCUT2D eigenvalue weighted by molar-refractivity contribution is 7.84. The highest BCUT2D eigenvalue weighted by atomic mass is 32.2. The van der Waals surface area contributed by atoms with Gasteiger partial charge in [-0.3, -0.25) is 4.21 Å². The second kappa shape index (κ2) is 8.02. The monoisotopic (exact) mass is 338 g/mol. The summed E-state index contributed by atoms with van der Waals surface area (Å²) in [5.74, 6) is 0.370. The zero-order chi connectivity index (χ0) is 16.8. The van der Waals surface area contributed by atoms with Crippen molar-refractivity contribution in [2.24, 2.45) is 0 Å².